The molecule has 0 spiro atoms. The van der Waals surface area contributed by atoms with Gasteiger partial charge in [0.25, 0.3) is 0 Å². The van der Waals surface area contributed by atoms with Crippen molar-refractivity contribution in [3.05, 3.63) is 59.2 Å². The molecular weight excluding hydrogens is 257 g/mol. The molecule has 0 saturated heterocycles. The fourth-order valence-electron chi connectivity index (χ4n) is 1.67. The van der Waals surface area contributed by atoms with Crippen LogP contribution in [-0.2, 0) is 6.18 Å². The molecule has 0 aromatic carbocycles. The molecule has 2 aromatic rings. The van der Waals surface area contributed by atoms with Gasteiger partial charge in [0.05, 0.1) is 11.1 Å². The Morgan fingerprint density at radius 1 is 1.05 bits per heavy atom. The molecule has 6 heteroatoms. The number of pyridine rings is 2. The summed E-state index contributed by atoms with van der Waals surface area (Å²) >= 11 is 0. The summed E-state index contributed by atoms with van der Waals surface area (Å²) in [5.74, 6) is -0.731. The molecule has 3 nitrogen and oxygen atoms in total. The Hall–Kier alpha value is -2.24. The van der Waals surface area contributed by atoms with Gasteiger partial charge in [0.15, 0.2) is 5.78 Å². The SMILES string of the molecule is Cc1ccncc1C(=O)c1cnccc1C(F)(F)F. The van der Waals surface area contributed by atoms with Gasteiger partial charge in [0, 0.05) is 30.4 Å². The number of halogens is 3. The van der Waals surface area contributed by atoms with E-state index in [9.17, 15) is 18.0 Å². The first kappa shape index (κ1) is 13.2. The summed E-state index contributed by atoms with van der Waals surface area (Å²) in [6.07, 6.45) is 0.0716. The van der Waals surface area contributed by atoms with Gasteiger partial charge in [-0.1, -0.05) is 0 Å². The fourth-order valence-corrected chi connectivity index (χ4v) is 1.67. The molecule has 2 rings (SSSR count). The first-order valence-corrected chi connectivity index (χ1v) is 5.38. The van der Waals surface area contributed by atoms with Crippen molar-refractivity contribution in [2.45, 2.75) is 13.1 Å². The van der Waals surface area contributed by atoms with Crippen molar-refractivity contribution in [3.63, 3.8) is 0 Å². The Bertz CT molecular complexity index is 623. The van der Waals surface area contributed by atoms with E-state index in [0.29, 0.717) is 5.56 Å². The lowest BCUT2D eigenvalue weighted by atomic mass is 9.98. The zero-order chi connectivity index (χ0) is 14.0. The third-order valence-corrected chi connectivity index (χ3v) is 2.65. The highest BCUT2D eigenvalue weighted by Gasteiger charge is 2.35. The van der Waals surface area contributed by atoms with Crippen LogP contribution in [0, 0.1) is 6.92 Å². The minimum Gasteiger partial charge on any atom is -0.288 e. The average molecular weight is 266 g/mol. The summed E-state index contributed by atoms with van der Waals surface area (Å²) in [5.41, 5.74) is -0.750. The predicted molar refractivity (Wildman–Crippen MR) is 61.6 cm³/mol. The molecule has 0 atom stereocenters. The third kappa shape index (κ3) is 2.62. The summed E-state index contributed by atoms with van der Waals surface area (Å²) in [5, 5.41) is 0. The predicted octanol–water partition coefficient (Wildman–Crippen LogP) is 3.03. The van der Waals surface area contributed by atoms with Crippen molar-refractivity contribution >= 4 is 5.78 Å². The molecule has 0 aliphatic carbocycles. The molecule has 0 fully saturated rings. The van der Waals surface area contributed by atoms with Crippen molar-refractivity contribution < 1.29 is 18.0 Å². The van der Waals surface area contributed by atoms with Crippen LogP contribution < -0.4 is 0 Å². The van der Waals surface area contributed by atoms with E-state index in [4.69, 9.17) is 0 Å². The Kier molecular flexibility index (Phi) is 3.33. The molecule has 2 aromatic heterocycles. The highest BCUT2D eigenvalue weighted by atomic mass is 19.4. The van der Waals surface area contributed by atoms with Gasteiger partial charge in [-0.25, -0.2) is 0 Å². The van der Waals surface area contributed by atoms with Crippen LogP contribution in [0.1, 0.15) is 27.0 Å². The lowest BCUT2D eigenvalue weighted by Gasteiger charge is -2.11. The van der Waals surface area contributed by atoms with Crippen molar-refractivity contribution in [2.24, 2.45) is 0 Å². The number of aromatic nitrogens is 2. The van der Waals surface area contributed by atoms with Gasteiger partial charge in [-0.3, -0.25) is 14.8 Å². The quantitative estimate of drug-likeness (QED) is 0.785. The van der Waals surface area contributed by atoms with Crippen LogP contribution in [0.5, 0.6) is 0 Å². The van der Waals surface area contributed by atoms with E-state index >= 15 is 0 Å². The number of nitrogens with zero attached hydrogens (tertiary/aromatic N) is 2. The molecule has 19 heavy (non-hydrogen) atoms. The van der Waals surface area contributed by atoms with E-state index in [2.05, 4.69) is 9.97 Å². The zero-order valence-electron chi connectivity index (χ0n) is 9.90. The van der Waals surface area contributed by atoms with Crippen LogP contribution in [-0.4, -0.2) is 15.8 Å². The topological polar surface area (TPSA) is 42.9 Å². The molecule has 0 bridgehead atoms. The van der Waals surface area contributed by atoms with Crippen LogP contribution in [0.25, 0.3) is 0 Å². The third-order valence-electron chi connectivity index (χ3n) is 2.65. The second kappa shape index (κ2) is 4.79. The average Bonchev–Trinajstić information content (AvgIpc) is 2.37. The molecule has 0 aliphatic heterocycles. The maximum Gasteiger partial charge on any atom is 0.417 e. The maximum atomic E-state index is 12.8. The van der Waals surface area contributed by atoms with Gasteiger partial charge in [-0.05, 0) is 24.6 Å². The number of carbonyl (C=O) groups excluding carboxylic acids is 1. The first-order valence-electron chi connectivity index (χ1n) is 5.38. The number of rotatable bonds is 2. The smallest absolute Gasteiger partial charge is 0.288 e. The summed E-state index contributed by atoms with van der Waals surface area (Å²) in [4.78, 5) is 19.5. The molecule has 0 amide bonds. The standard InChI is InChI=1S/C13H9F3N2O/c1-8-2-4-17-6-9(8)12(19)10-7-18-5-3-11(10)13(14,15)16/h2-7H,1H3. The van der Waals surface area contributed by atoms with Crippen LogP contribution in [0.3, 0.4) is 0 Å². The number of hydrogen-bond donors (Lipinski definition) is 0. The van der Waals surface area contributed by atoms with Gasteiger partial charge in [-0.2, -0.15) is 13.2 Å². The van der Waals surface area contributed by atoms with E-state index in [1.54, 1.807) is 13.0 Å². The van der Waals surface area contributed by atoms with E-state index in [1.807, 2.05) is 0 Å². The van der Waals surface area contributed by atoms with E-state index < -0.39 is 23.1 Å². The molecular formula is C13H9F3N2O. The summed E-state index contributed by atoms with van der Waals surface area (Å²) in [6.45, 7) is 1.64. The Balaban J connectivity index is 2.55. The second-order valence-electron chi connectivity index (χ2n) is 3.94. The lowest BCUT2D eigenvalue weighted by molar-refractivity contribution is -0.137. The normalized spacial score (nSPS) is 11.4. The van der Waals surface area contributed by atoms with Crippen molar-refractivity contribution in [3.8, 4) is 0 Å². The summed E-state index contributed by atoms with van der Waals surface area (Å²) in [6, 6.07) is 2.36. The molecule has 98 valence electrons. The largest absolute Gasteiger partial charge is 0.417 e. The van der Waals surface area contributed by atoms with Gasteiger partial charge in [-0.15, -0.1) is 0 Å². The number of alkyl halides is 3. The molecule has 0 radical (unpaired) electrons. The minimum atomic E-state index is -4.59. The Morgan fingerprint density at radius 2 is 1.63 bits per heavy atom. The highest BCUT2D eigenvalue weighted by molar-refractivity contribution is 6.10. The lowest BCUT2D eigenvalue weighted by Crippen LogP contribution is -2.15. The number of hydrogen-bond acceptors (Lipinski definition) is 3. The highest BCUT2D eigenvalue weighted by Crippen LogP contribution is 2.32. The van der Waals surface area contributed by atoms with Crippen molar-refractivity contribution in [2.75, 3.05) is 0 Å². The number of aryl methyl sites for hydroxylation is 1. The van der Waals surface area contributed by atoms with Crippen molar-refractivity contribution in [1.29, 1.82) is 0 Å². The van der Waals surface area contributed by atoms with Crippen molar-refractivity contribution in [1.82, 2.24) is 9.97 Å². The minimum absolute atomic E-state index is 0.140. The van der Waals surface area contributed by atoms with Crippen LogP contribution >= 0.6 is 0 Å². The van der Waals surface area contributed by atoms with Crippen LogP contribution in [0.2, 0.25) is 0 Å². The Morgan fingerprint density at radius 3 is 2.21 bits per heavy atom. The zero-order valence-corrected chi connectivity index (χ0v) is 9.90. The van der Waals surface area contributed by atoms with Gasteiger partial charge >= 0.3 is 6.18 Å². The van der Waals surface area contributed by atoms with E-state index in [1.165, 1.54) is 12.4 Å². The first-order chi connectivity index (χ1) is 8.91. The second-order valence-corrected chi connectivity index (χ2v) is 3.94. The van der Waals surface area contributed by atoms with E-state index in [-0.39, 0.29) is 5.56 Å². The van der Waals surface area contributed by atoms with Crippen LogP contribution in [0.15, 0.2) is 36.9 Å². The van der Waals surface area contributed by atoms with Crippen LogP contribution in [0.4, 0.5) is 13.2 Å². The maximum absolute atomic E-state index is 12.8. The van der Waals surface area contributed by atoms with E-state index in [0.717, 1.165) is 18.5 Å². The molecule has 0 aliphatic rings. The molecule has 0 unspecified atom stereocenters. The monoisotopic (exact) mass is 266 g/mol. The van der Waals surface area contributed by atoms with Gasteiger partial charge in [0.2, 0.25) is 0 Å². The summed E-state index contributed by atoms with van der Waals surface area (Å²) in [7, 11) is 0. The van der Waals surface area contributed by atoms with Gasteiger partial charge < -0.3 is 0 Å². The van der Waals surface area contributed by atoms with Gasteiger partial charge in [0.1, 0.15) is 0 Å². The molecule has 0 N–H and O–H groups in total. The molecule has 2 heterocycles. The number of ketones is 1. The molecule has 0 saturated carbocycles. The fraction of sp³-hybridized carbons (Fsp3) is 0.154. The summed E-state index contributed by atoms with van der Waals surface area (Å²) < 4.78 is 38.5. The number of carbonyl (C=O) groups is 1. The Labute approximate surface area is 107 Å².